The molecule has 0 atom stereocenters. The van der Waals surface area contributed by atoms with Gasteiger partial charge < -0.3 is 10.2 Å². The lowest BCUT2D eigenvalue weighted by molar-refractivity contribution is -0.137. The molecule has 31 heavy (non-hydrogen) atoms. The molecule has 1 aliphatic heterocycles. The van der Waals surface area contributed by atoms with Crippen molar-refractivity contribution in [3.05, 3.63) is 72.2 Å². The van der Waals surface area contributed by atoms with Crippen molar-refractivity contribution in [3.63, 3.8) is 0 Å². The molecule has 0 radical (unpaired) electrons. The van der Waals surface area contributed by atoms with Gasteiger partial charge in [0.1, 0.15) is 11.6 Å². The highest BCUT2D eigenvalue weighted by Gasteiger charge is 2.35. The average Bonchev–Trinajstić information content (AvgIpc) is 3.28. The first kappa shape index (κ1) is 20.9. The minimum absolute atomic E-state index is 0.0984. The Labute approximate surface area is 176 Å². The third kappa shape index (κ3) is 4.72. The van der Waals surface area contributed by atoms with E-state index in [-0.39, 0.29) is 11.5 Å². The lowest BCUT2D eigenvalue weighted by Gasteiger charge is -2.24. The van der Waals surface area contributed by atoms with Crippen LogP contribution in [0, 0.1) is 5.82 Å². The number of rotatable bonds is 5. The Hall–Kier alpha value is -3.33. The third-order valence-electron chi connectivity index (χ3n) is 4.94. The van der Waals surface area contributed by atoms with E-state index in [0.717, 1.165) is 24.8 Å². The normalized spacial score (nSPS) is 14.0. The van der Waals surface area contributed by atoms with Gasteiger partial charge >= 0.3 is 6.18 Å². The number of hydrogen-bond donors (Lipinski definition) is 1. The second-order valence-corrected chi connectivity index (χ2v) is 7.08. The van der Waals surface area contributed by atoms with Crippen LogP contribution in [0.3, 0.4) is 0 Å². The maximum atomic E-state index is 13.6. The summed E-state index contributed by atoms with van der Waals surface area (Å²) in [6, 6.07) is 13.9. The van der Waals surface area contributed by atoms with E-state index >= 15 is 0 Å². The summed E-state index contributed by atoms with van der Waals surface area (Å²) in [7, 11) is 1.49. The molecule has 4 rings (SSSR count). The van der Waals surface area contributed by atoms with Crippen LogP contribution in [0.5, 0.6) is 0 Å². The molecule has 1 fully saturated rings. The molecule has 2 aromatic carbocycles. The Balaban J connectivity index is 1.61. The zero-order valence-electron chi connectivity index (χ0n) is 16.7. The number of alkyl halides is 3. The van der Waals surface area contributed by atoms with Crippen LogP contribution < -0.4 is 15.3 Å². The van der Waals surface area contributed by atoms with E-state index in [2.05, 4.69) is 10.3 Å². The Kier molecular flexibility index (Phi) is 5.69. The largest absolute Gasteiger partial charge is 0.419 e. The molecular weight excluding hydrogens is 412 g/mol. The first-order valence-corrected chi connectivity index (χ1v) is 9.65. The first-order chi connectivity index (χ1) is 14.8. The lowest BCUT2D eigenvalue weighted by Crippen LogP contribution is -2.17. The smallest absolute Gasteiger partial charge is 0.344 e. The van der Waals surface area contributed by atoms with Gasteiger partial charge in [0.2, 0.25) is 0 Å². The Morgan fingerprint density at radius 1 is 1.06 bits per heavy atom. The second-order valence-electron chi connectivity index (χ2n) is 7.08. The number of anilines is 5. The summed E-state index contributed by atoms with van der Waals surface area (Å²) in [5.74, 6) is -0.213. The van der Waals surface area contributed by atoms with Gasteiger partial charge in [-0.3, -0.25) is 9.90 Å². The molecule has 5 nitrogen and oxygen atoms in total. The van der Waals surface area contributed by atoms with Gasteiger partial charge in [-0.2, -0.15) is 13.2 Å². The summed E-state index contributed by atoms with van der Waals surface area (Å²) in [4.78, 5) is 10.8. The van der Waals surface area contributed by atoms with Crippen LogP contribution in [0.4, 0.5) is 46.1 Å². The van der Waals surface area contributed by atoms with Gasteiger partial charge in [0, 0.05) is 37.2 Å². The molecule has 1 N–H and O–H groups in total. The molecule has 1 aliphatic rings. The molecule has 1 aromatic heterocycles. The van der Waals surface area contributed by atoms with Crippen molar-refractivity contribution in [2.75, 3.05) is 35.5 Å². The first-order valence-electron chi connectivity index (χ1n) is 9.65. The van der Waals surface area contributed by atoms with E-state index < -0.39 is 17.6 Å². The number of aromatic nitrogens is 1. The SMILES string of the molecule is CN(c1ccc(F)cc1)c1cc(Nc2ccc(N3CCCO3)cc2)ncc1C(F)(F)F. The lowest BCUT2D eigenvalue weighted by atomic mass is 10.1. The molecule has 0 aliphatic carbocycles. The number of benzene rings is 2. The fourth-order valence-electron chi connectivity index (χ4n) is 3.32. The van der Waals surface area contributed by atoms with E-state index in [1.165, 1.54) is 42.3 Å². The number of hydrogen-bond acceptors (Lipinski definition) is 5. The highest BCUT2D eigenvalue weighted by atomic mass is 19.4. The summed E-state index contributed by atoms with van der Waals surface area (Å²) >= 11 is 0. The van der Waals surface area contributed by atoms with Crippen LogP contribution >= 0.6 is 0 Å². The Morgan fingerprint density at radius 3 is 2.39 bits per heavy atom. The number of pyridine rings is 1. The predicted molar refractivity (Wildman–Crippen MR) is 111 cm³/mol. The van der Waals surface area contributed by atoms with E-state index in [0.29, 0.717) is 18.0 Å². The van der Waals surface area contributed by atoms with Crippen molar-refractivity contribution in [3.8, 4) is 0 Å². The van der Waals surface area contributed by atoms with Gasteiger partial charge in [0.15, 0.2) is 0 Å². The topological polar surface area (TPSA) is 40.6 Å². The Bertz CT molecular complexity index is 1030. The number of hydroxylamine groups is 1. The van der Waals surface area contributed by atoms with E-state index in [1.54, 1.807) is 17.2 Å². The highest BCUT2D eigenvalue weighted by Crippen LogP contribution is 2.39. The summed E-state index contributed by atoms with van der Waals surface area (Å²) in [5, 5.41) is 4.83. The predicted octanol–water partition coefficient (Wildman–Crippen LogP) is 5.89. The number of nitrogens with zero attached hydrogens (tertiary/aromatic N) is 3. The number of halogens is 4. The molecule has 0 unspecified atom stereocenters. The Morgan fingerprint density at radius 2 is 1.77 bits per heavy atom. The quantitative estimate of drug-likeness (QED) is 0.509. The molecule has 9 heteroatoms. The summed E-state index contributed by atoms with van der Waals surface area (Å²) in [6.45, 7) is 1.49. The molecule has 3 aromatic rings. The summed E-state index contributed by atoms with van der Waals surface area (Å²) < 4.78 is 54.0. The summed E-state index contributed by atoms with van der Waals surface area (Å²) in [5.41, 5.74) is 1.01. The molecule has 2 heterocycles. The third-order valence-corrected chi connectivity index (χ3v) is 4.94. The minimum atomic E-state index is -4.59. The maximum Gasteiger partial charge on any atom is 0.419 e. The van der Waals surface area contributed by atoms with Crippen LogP contribution in [-0.4, -0.2) is 25.2 Å². The van der Waals surface area contributed by atoms with Crippen molar-refractivity contribution >= 4 is 28.6 Å². The molecule has 162 valence electrons. The van der Waals surface area contributed by atoms with Crippen molar-refractivity contribution in [2.24, 2.45) is 0 Å². The van der Waals surface area contributed by atoms with Gasteiger partial charge in [-0.1, -0.05) is 0 Å². The van der Waals surface area contributed by atoms with Gasteiger partial charge in [-0.25, -0.2) is 9.37 Å². The molecular formula is C22H20F4N4O. The van der Waals surface area contributed by atoms with Crippen LogP contribution in [0.2, 0.25) is 0 Å². The van der Waals surface area contributed by atoms with E-state index in [1.807, 2.05) is 12.1 Å². The van der Waals surface area contributed by atoms with Crippen molar-refractivity contribution in [1.82, 2.24) is 4.98 Å². The second kappa shape index (κ2) is 8.43. The molecule has 0 spiro atoms. The van der Waals surface area contributed by atoms with Crippen molar-refractivity contribution in [2.45, 2.75) is 12.6 Å². The standard InChI is InChI=1S/C22H20F4N4O/c1-29(17-7-3-15(23)4-8-17)20-13-21(27-14-19(20)22(24,25)26)28-16-5-9-18(10-6-16)30-11-2-12-31-30/h3-10,13-14H,2,11-12H2,1H3,(H,27,28). The monoisotopic (exact) mass is 432 g/mol. The van der Waals surface area contributed by atoms with Crippen molar-refractivity contribution < 1.29 is 22.4 Å². The molecule has 0 bridgehead atoms. The molecule has 1 saturated heterocycles. The van der Waals surface area contributed by atoms with Gasteiger partial charge in [0.05, 0.1) is 23.5 Å². The molecule has 0 saturated carbocycles. The van der Waals surface area contributed by atoms with Gasteiger partial charge in [-0.05, 0) is 55.0 Å². The zero-order valence-corrected chi connectivity index (χ0v) is 16.7. The van der Waals surface area contributed by atoms with Crippen LogP contribution in [0.1, 0.15) is 12.0 Å². The van der Waals surface area contributed by atoms with Crippen LogP contribution in [0.15, 0.2) is 60.8 Å². The van der Waals surface area contributed by atoms with Crippen molar-refractivity contribution in [1.29, 1.82) is 0 Å². The maximum absolute atomic E-state index is 13.6. The summed E-state index contributed by atoms with van der Waals surface area (Å²) in [6.07, 6.45) is -2.84. The number of nitrogens with one attached hydrogen (secondary N) is 1. The molecule has 0 amide bonds. The van der Waals surface area contributed by atoms with Gasteiger partial charge in [-0.15, -0.1) is 0 Å². The fourth-order valence-corrected chi connectivity index (χ4v) is 3.32. The highest BCUT2D eigenvalue weighted by molar-refractivity contribution is 5.71. The van der Waals surface area contributed by atoms with Crippen LogP contribution in [0.25, 0.3) is 0 Å². The zero-order chi connectivity index (χ0) is 22.0. The van der Waals surface area contributed by atoms with E-state index in [9.17, 15) is 17.6 Å². The van der Waals surface area contributed by atoms with Crippen LogP contribution in [-0.2, 0) is 11.0 Å². The average molecular weight is 432 g/mol. The van der Waals surface area contributed by atoms with Gasteiger partial charge in [0.25, 0.3) is 0 Å². The fraction of sp³-hybridized carbons (Fsp3) is 0.227. The van der Waals surface area contributed by atoms with E-state index in [4.69, 9.17) is 4.84 Å². The minimum Gasteiger partial charge on any atom is -0.344 e.